The Kier molecular flexibility index (Phi) is 4.26. The molecule has 3 heterocycles. The molecule has 1 saturated heterocycles. The minimum atomic E-state index is -0.697. The smallest absolute Gasteiger partial charge is 0.281 e. The molecule has 0 spiro atoms. The Hall–Kier alpha value is -1.73. The lowest BCUT2D eigenvalue weighted by Crippen LogP contribution is -2.44. The van der Waals surface area contributed by atoms with Crippen LogP contribution in [0, 0.1) is 0 Å². The Morgan fingerprint density at radius 1 is 1.18 bits per heavy atom. The SMILES string of the molecule is CCCCN1C(=O)C(=O)N(CN2CCc3sccc3C2)C1=O. The van der Waals surface area contributed by atoms with Gasteiger partial charge in [-0.25, -0.2) is 9.69 Å². The largest absolute Gasteiger partial charge is 0.335 e. The molecule has 0 aromatic carbocycles. The summed E-state index contributed by atoms with van der Waals surface area (Å²) in [6, 6.07) is 1.61. The van der Waals surface area contributed by atoms with E-state index in [1.54, 1.807) is 11.3 Å². The van der Waals surface area contributed by atoms with Crippen LogP contribution in [0.25, 0.3) is 0 Å². The zero-order valence-electron chi connectivity index (χ0n) is 12.6. The van der Waals surface area contributed by atoms with Crippen molar-refractivity contribution in [2.75, 3.05) is 19.8 Å². The zero-order valence-corrected chi connectivity index (χ0v) is 13.4. The van der Waals surface area contributed by atoms with Crippen molar-refractivity contribution in [3.8, 4) is 0 Å². The number of hydrogen-bond donors (Lipinski definition) is 0. The molecule has 7 heteroatoms. The molecule has 3 rings (SSSR count). The van der Waals surface area contributed by atoms with E-state index in [4.69, 9.17) is 0 Å². The van der Waals surface area contributed by atoms with Gasteiger partial charge in [-0.05, 0) is 29.9 Å². The van der Waals surface area contributed by atoms with Crippen molar-refractivity contribution in [1.29, 1.82) is 0 Å². The van der Waals surface area contributed by atoms with E-state index in [1.165, 1.54) is 10.4 Å². The number of amides is 4. The molecular formula is C15H19N3O3S. The maximum atomic E-state index is 12.3. The summed E-state index contributed by atoms with van der Waals surface area (Å²) in [5.41, 5.74) is 1.25. The first kappa shape index (κ1) is 15.2. The second kappa shape index (κ2) is 6.18. The van der Waals surface area contributed by atoms with Crippen molar-refractivity contribution in [2.24, 2.45) is 0 Å². The molecule has 6 nitrogen and oxygen atoms in total. The highest BCUT2D eigenvalue weighted by atomic mass is 32.1. The molecule has 0 bridgehead atoms. The van der Waals surface area contributed by atoms with Crippen LogP contribution in [0.2, 0.25) is 0 Å². The number of rotatable bonds is 5. The number of nitrogens with zero attached hydrogens (tertiary/aromatic N) is 3. The average molecular weight is 321 g/mol. The summed E-state index contributed by atoms with van der Waals surface area (Å²) in [7, 11) is 0. The second-order valence-corrected chi connectivity index (χ2v) is 6.64. The van der Waals surface area contributed by atoms with Crippen LogP contribution in [0.15, 0.2) is 11.4 Å². The van der Waals surface area contributed by atoms with E-state index >= 15 is 0 Å². The molecule has 0 aliphatic carbocycles. The van der Waals surface area contributed by atoms with Gasteiger partial charge in [0.2, 0.25) is 0 Å². The maximum absolute atomic E-state index is 12.3. The van der Waals surface area contributed by atoms with E-state index < -0.39 is 17.8 Å². The van der Waals surface area contributed by atoms with Gasteiger partial charge in [-0.1, -0.05) is 13.3 Å². The molecule has 1 aromatic rings. The van der Waals surface area contributed by atoms with Crippen molar-refractivity contribution in [3.63, 3.8) is 0 Å². The van der Waals surface area contributed by atoms with Gasteiger partial charge in [0.25, 0.3) is 0 Å². The number of unbranched alkanes of at least 4 members (excludes halogenated alkanes) is 1. The summed E-state index contributed by atoms with van der Waals surface area (Å²) in [4.78, 5) is 41.8. The minimum Gasteiger partial charge on any atom is -0.281 e. The molecular weight excluding hydrogens is 302 g/mol. The van der Waals surface area contributed by atoms with Crippen molar-refractivity contribution in [1.82, 2.24) is 14.7 Å². The van der Waals surface area contributed by atoms with E-state index in [1.807, 2.05) is 11.8 Å². The van der Waals surface area contributed by atoms with Crippen LogP contribution >= 0.6 is 11.3 Å². The normalized spacial score (nSPS) is 19.2. The molecule has 22 heavy (non-hydrogen) atoms. The fourth-order valence-electron chi connectivity index (χ4n) is 2.82. The molecule has 118 valence electrons. The first-order valence-electron chi connectivity index (χ1n) is 7.56. The quantitative estimate of drug-likeness (QED) is 0.611. The molecule has 1 aromatic heterocycles. The minimum absolute atomic E-state index is 0.196. The lowest BCUT2D eigenvalue weighted by molar-refractivity contribution is -0.144. The molecule has 4 amide bonds. The van der Waals surface area contributed by atoms with Crippen LogP contribution in [-0.2, 0) is 22.6 Å². The van der Waals surface area contributed by atoms with Gasteiger partial charge in [-0.15, -0.1) is 11.3 Å². The highest BCUT2D eigenvalue weighted by molar-refractivity contribution is 7.10. The number of urea groups is 1. The molecule has 0 N–H and O–H groups in total. The summed E-state index contributed by atoms with van der Waals surface area (Å²) in [6.45, 7) is 4.02. The fourth-order valence-corrected chi connectivity index (χ4v) is 3.71. The van der Waals surface area contributed by atoms with Crippen molar-refractivity contribution >= 4 is 29.2 Å². The van der Waals surface area contributed by atoms with Crippen LogP contribution in [0.5, 0.6) is 0 Å². The summed E-state index contributed by atoms with van der Waals surface area (Å²) in [5, 5.41) is 2.07. The van der Waals surface area contributed by atoms with Gasteiger partial charge < -0.3 is 0 Å². The van der Waals surface area contributed by atoms with Gasteiger partial charge in [0.15, 0.2) is 0 Å². The number of hydrogen-bond acceptors (Lipinski definition) is 5. The van der Waals surface area contributed by atoms with Gasteiger partial charge >= 0.3 is 17.8 Å². The van der Waals surface area contributed by atoms with Crippen molar-refractivity contribution < 1.29 is 14.4 Å². The highest BCUT2D eigenvalue weighted by Gasteiger charge is 2.44. The third-order valence-corrected chi connectivity index (χ3v) is 5.12. The van der Waals surface area contributed by atoms with Crippen LogP contribution < -0.4 is 0 Å². The molecule has 1 fully saturated rings. The Morgan fingerprint density at radius 3 is 2.73 bits per heavy atom. The molecule has 0 atom stereocenters. The summed E-state index contributed by atoms with van der Waals surface area (Å²) < 4.78 is 0. The third kappa shape index (κ3) is 2.66. The first-order chi connectivity index (χ1) is 10.6. The predicted octanol–water partition coefficient (Wildman–Crippen LogP) is 1.65. The molecule has 2 aliphatic rings. The van der Waals surface area contributed by atoms with Gasteiger partial charge in [0, 0.05) is 24.5 Å². The number of carbonyl (C=O) groups excluding carboxylic acids is 3. The van der Waals surface area contributed by atoms with E-state index in [0.717, 1.165) is 42.2 Å². The lowest BCUT2D eigenvalue weighted by atomic mass is 10.1. The third-order valence-electron chi connectivity index (χ3n) is 4.10. The monoisotopic (exact) mass is 321 g/mol. The number of thiophene rings is 1. The van der Waals surface area contributed by atoms with Crippen molar-refractivity contribution in [2.45, 2.75) is 32.7 Å². The molecule has 2 aliphatic heterocycles. The predicted molar refractivity (Wildman–Crippen MR) is 82.2 cm³/mol. The van der Waals surface area contributed by atoms with Crippen LogP contribution in [0.4, 0.5) is 4.79 Å². The number of carbonyl (C=O) groups is 3. The van der Waals surface area contributed by atoms with Gasteiger partial charge in [-0.3, -0.25) is 19.4 Å². The lowest BCUT2D eigenvalue weighted by Gasteiger charge is -2.29. The number of fused-ring (bicyclic) bond motifs is 1. The van der Waals surface area contributed by atoms with Crippen LogP contribution in [0.1, 0.15) is 30.2 Å². The Labute approximate surface area is 133 Å². The maximum Gasteiger partial charge on any atom is 0.335 e. The van der Waals surface area contributed by atoms with Gasteiger partial charge in [0.1, 0.15) is 0 Å². The van der Waals surface area contributed by atoms with Gasteiger partial charge in [-0.2, -0.15) is 0 Å². The van der Waals surface area contributed by atoms with E-state index in [2.05, 4.69) is 11.4 Å². The van der Waals surface area contributed by atoms with E-state index in [9.17, 15) is 14.4 Å². The molecule has 0 radical (unpaired) electrons. The first-order valence-corrected chi connectivity index (χ1v) is 8.44. The van der Waals surface area contributed by atoms with Crippen LogP contribution in [0.3, 0.4) is 0 Å². The van der Waals surface area contributed by atoms with E-state index in [-0.39, 0.29) is 6.67 Å². The topological polar surface area (TPSA) is 60.9 Å². The summed E-state index contributed by atoms with van der Waals surface area (Å²) in [6.07, 6.45) is 2.52. The van der Waals surface area contributed by atoms with Crippen molar-refractivity contribution in [3.05, 3.63) is 21.9 Å². The Bertz CT molecular complexity index is 613. The molecule has 0 saturated carbocycles. The van der Waals surface area contributed by atoms with Crippen LogP contribution in [-0.4, -0.2) is 52.3 Å². The standard InChI is InChI=1S/C15H19N3O3S/c1-2-3-6-17-13(19)14(20)18(15(17)21)10-16-7-4-12-11(9-16)5-8-22-12/h5,8H,2-4,6-7,9-10H2,1H3. The van der Waals surface area contributed by atoms with Gasteiger partial charge in [0.05, 0.1) is 6.67 Å². The Balaban J connectivity index is 1.66. The van der Waals surface area contributed by atoms with E-state index in [0.29, 0.717) is 6.54 Å². The number of imide groups is 2. The Morgan fingerprint density at radius 2 is 1.95 bits per heavy atom. The highest BCUT2D eigenvalue weighted by Crippen LogP contribution is 2.24. The summed E-state index contributed by atoms with van der Waals surface area (Å²) in [5.74, 6) is -1.39. The second-order valence-electron chi connectivity index (χ2n) is 5.64. The average Bonchev–Trinajstić information content (AvgIpc) is 3.05. The molecule has 0 unspecified atom stereocenters. The fraction of sp³-hybridized carbons (Fsp3) is 0.533. The summed E-state index contributed by atoms with van der Waals surface area (Å²) >= 11 is 1.74. The zero-order chi connectivity index (χ0) is 15.7.